The summed E-state index contributed by atoms with van der Waals surface area (Å²) in [6.07, 6.45) is 2.39. The van der Waals surface area contributed by atoms with Gasteiger partial charge < -0.3 is 15.4 Å². The Morgan fingerprint density at radius 3 is 2.59 bits per heavy atom. The Bertz CT molecular complexity index is 290. The van der Waals surface area contributed by atoms with Crippen LogP contribution in [0, 0.1) is 0 Å². The molecule has 0 radical (unpaired) electrons. The monoisotopic (exact) mass is 236 g/mol. The molecule has 0 heterocycles. The third-order valence-corrected chi connectivity index (χ3v) is 2.74. The van der Waals surface area contributed by atoms with Crippen molar-refractivity contribution in [2.24, 2.45) is 5.73 Å². The van der Waals surface area contributed by atoms with Gasteiger partial charge in [-0.1, -0.05) is 31.5 Å². The maximum Gasteiger partial charge on any atom is 0.0631 e. The van der Waals surface area contributed by atoms with Gasteiger partial charge in [-0.2, -0.15) is 0 Å². The number of para-hydroxylation sites is 1. The fourth-order valence-electron chi connectivity index (χ4n) is 1.86. The highest BCUT2D eigenvalue weighted by Crippen LogP contribution is 2.14. The van der Waals surface area contributed by atoms with Gasteiger partial charge in [-0.25, -0.2) is 0 Å². The standard InChI is InChI=1S/C14H24N2O/c1-3-4-10-16(11-13(15)12-17-2)14-8-6-5-7-9-14/h5-9,13H,3-4,10-12,15H2,1-2H3. The van der Waals surface area contributed by atoms with E-state index in [0.717, 1.165) is 13.1 Å². The SMILES string of the molecule is CCCCN(CC(N)COC)c1ccccc1. The number of unbranched alkanes of at least 4 members (excludes halogenated alkanes) is 1. The largest absolute Gasteiger partial charge is 0.383 e. The third kappa shape index (κ3) is 5.20. The Labute approximate surface area is 105 Å². The number of hydrogen-bond donors (Lipinski definition) is 1. The number of ether oxygens (including phenoxy) is 1. The first kappa shape index (κ1) is 14.0. The van der Waals surface area contributed by atoms with Gasteiger partial charge in [0.1, 0.15) is 0 Å². The van der Waals surface area contributed by atoms with E-state index in [1.54, 1.807) is 7.11 Å². The molecule has 96 valence electrons. The number of methoxy groups -OCH3 is 1. The molecule has 1 rings (SSSR count). The molecule has 1 aromatic rings. The summed E-state index contributed by atoms with van der Waals surface area (Å²) in [6, 6.07) is 10.5. The van der Waals surface area contributed by atoms with Crippen molar-refractivity contribution < 1.29 is 4.74 Å². The molecule has 0 saturated carbocycles. The van der Waals surface area contributed by atoms with Crippen LogP contribution in [0.4, 0.5) is 5.69 Å². The minimum Gasteiger partial charge on any atom is -0.383 e. The summed E-state index contributed by atoms with van der Waals surface area (Å²) < 4.78 is 5.09. The second-order valence-corrected chi connectivity index (χ2v) is 4.35. The summed E-state index contributed by atoms with van der Waals surface area (Å²) in [5.41, 5.74) is 7.27. The summed E-state index contributed by atoms with van der Waals surface area (Å²) >= 11 is 0. The molecule has 0 fully saturated rings. The average Bonchev–Trinajstić information content (AvgIpc) is 2.36. The molecule has 3 heteroatoms. The van der Waals surface area contributed by atoms with Crippen LogP contribution >= 0.6 is 0 Å². The van der Waals surface area contributed by atoms with Crippen molar-refractivity contribution in [2.75, 3.05) is 31.7 Å². The molecule has 17 heavy (non-hydrogen) atoms. The summed E-state index contributed by atoms with van der Waals surface area (Å²) in [7, 11) is 1.69. The molecular formula is C14H24N2O. The Morgan fingerprint density at radius 2 is 2.00 bits per heavy atom. The van der Waals surface area contributed by atoms with Crippen molar-refractivity contribution in [2.45, 2.75) is 25.8 Å². The lowest BCUT2D eigenvalue weighted by atomic mass is 10.2. The second kappa shape index (κ2) is 8.09. The number of rotatable bonds is 8. The highest BCUT2D eigenvalue weighted by Gasteiger charge is 2.10. The third-order valence-electron chi connectivity index (χ3n) is 2.74. The van der Waals surface area contributed by atoms with Gasteiger partial charge >= 0.3 is 0 Å². The summed E-state index contributed by atoms with van der Waals surface area (Å²) in [4.78, 5) is 2.34. The van der Waals surface area contributed by atoms with E-state index in [0.29, 0.717) is 6.61 Å². The fourth-order valence-corrected chi connectivity index (χ4v) is 1.86. The van der Waals surface area contributed by atoms with Crippen LogP contribution in [-0.4, -0.2) is 32.8 Å². The molecular weight excluding hydrogens is 212 g/mol. The first-order chi connectivity index (χ1) is 8.27. The Kier molecular flexibility index (Phi) is 6.67. The summed E-state index contributed by atoms with van der Waals surface area (Å²) in [5.74, 6) is 0. The minimum absolute atomic E-state index is 0.0667. The average molecular weight is 236 g/mol. The quantitative estimate of drug-likeness (QED) is 0.752. The van der Waals surface area contributed by atoms with Crippen molar-refractivity contribution in [3.05, 3.63) is 30.3 Å². The van der Waals surface area contributed by atoms with Crippen molar-refractivity contribution in [1.82, 2.24) is 0 Å². The zero-order valence-electron chi connectivity index (χ0n) is 10.9. The molecule has 1 aromatic carbocycles. The zero-order chi connectivity index (χ0) is 12.5. The Balaban J connectivity index is 2.60. The van der Waals surface area contributed by atoms with Crippen molar-refractivity contribution in [3.8, 4) is 0 Å². The molecule has 0 saturated heterocycles. The van der Waals surface area contributed by atoms with Crippen LogP contribution in [-0.2, 0) is 4.74 Å². The molecule has 0 aliphatic rings. The summed E-state index contributed by atoms with van der Waals surface area (Å²) in [5, 5.41) is 0. The predicted molar refractivity (Wildman–Crippen MR) is 73.4 cm³/mol. The fraction of sp³-hybridized carbons (Fsp3) is 0.571. The van der Waals surface area contributed by atoms with Crippen LogP contribution in [0.15, 0.2) is 30.3 Å². The van der Waals surface area contributed by atoms with Crippen LogP contribution in [0.1, 0.15) is 19.8 Å². The van der Waals surface area contributed by atoms with E-state index >= 15 is 0 Å². The highest BCUT2D eigenvalue weighted by molar-refractivity contribution is 5.46. The topological polar surface area (TPSA) is 38.5 Å². The predicted octanol–water partition coefficient (Wildman–Crippen LogP) is 2.27. The van der Waals surface area contributed by atoms with E-state index in [-0.39, 0.29) is 6.04 Å². The lowest BCUT2D eigenvalue weighted by molar-refractivity contribution is 0.181. The van der Waals surface area contributed by atoms with Crippen LogP contribution in [0.2, 0.25) is 0 Å². The molecule has 0 amide bonds. The van der Waals surface area contributed by atoms with Gasteiger partial charge in [-0.05, 0) is 18.6 Å². The van der Waals surface area contributed by atoms with Crippen LogP contribution in [0.5, 0.6) is 0 Å². The maximum absolute atomic E-state index is 6.03. The molecule has 2 N–H and O–H groups in total. The number of nitrogens with zero attached hydrogens (tertiary/aromatic N) is 1. The van der Waals surface area contributed by atoms with Gasteiger partial charge in [0.2, 0.25) is 0 Å². The first-order valence-electron chi connectivity index (χ1n) is 6.32. The number of anilines is 1. The molecule has 1 atom stereocenters. The zero-order valence-corrected chi connectivity index (χ0v) is 10.9. The molecule has 3 nitrogen and oxygen atoms in total. The Hall–Kier alpha value is -1.06. The number of hydrogen-bond acceptors (Lipinski definition) is 3. The van der Waals surface area contributed by atoms with E-state index in [4.69, 9.17) is 10.5 Å². The van der Waals surface area contributed by atoms with Crippen molar-refractivity contribution in [1.29, 1.82) is 0 Å². The number of nitrogens with two attached hydrogens (primary N) is 1. The van der Waals surface area contributed by atoms with Gasteiger partial charge in [0.05, 0.1) is 6.61 Å². The Morgan fingerprint density at radius 1 is 1.29 bits per heavy atom. The molecule has 0 aliphatic carbocycles. The van der Waals surface area contributed by atoms with Gasteiger partial charge in [0, 0.05) is 31.9 Å². The molecule has 1 unspecified atom stereocenters. The lowest BCUT2D eigenvalue weighted by Crippen LogP contribution is -2.40. The normalized spacial score (nSPS) is 12.4. The number of benzene rings is 1. The van der Waals surface area contributed by atoms with Gasteiger partial charge in [0.15, 0.2) is 0 Å². The molecule has 0 aromatic heterocycles. The second-order valence-electron chi connectivity index (χ2n) is 4.35. The highest BCUT2D eigenvalue weighted by atomic mass is 16.5. The smallest absolute Gasteiger partial charge is 0.0631 e. The molecule has 0 aliphatic heterocycles. The van der Waals surface area contributed by atoms with Gasteiger partial charge in [-0.3, -0.25) is 0 Å². The van der Waals surface area contributed by atoms with E-state index in [1.165, 1.54) is 18.5 Å². The van der Waals surface area contributed by atoms with Crippen LogP contribution < -0.4 is 10.6 Å². The van der Waals surface area contributed by atoms with Gasteiger partial charge in [-0.15, -0.1) is 0 Å². The molecule has 0 bridgehead atoms. The van der Waals surface area contributed by atoms with Crippen molar-refractivity contribution >= 4 is 5.69 Å². The van der Waals surface area contributed by atoms with E-state index in [9.17, 15) is 0 Å². The van der Waals surface area contributed by atoms with E-state index in [1.807, 2.05) is 6.07 Å². The van der Waals surface area contributed by atoms with Crippen LogP contribution in [0.3, 0.4) is 0 Å². The van der Waals surface area contributed by atoms with E-state index < -0.39 is 0 Å². The molecule has 0 spiro atoms. The lowest BCUT2D eigenvalue weighted by Gasteiger charge is -2.27. The maximum atomic E-state index is 6.03. The van der Waals surface area contributed by atoms with Gasteiger partial charge in [0.25, 0.3) is 0 Å². The minimum atomic E-state index is 0.0667. The van der Waals surface area contributed by atoms with Crippen molar-refractivity contribution in [3.63, 3.8) is 0 Å². The van der Waals surface area contributed by atoms with Crippen LogP contribution in [0.25, 0.3) is 0 Å². The summed E-state index contributed by atoms with van der Waals surface area (Å²) in [6.45, 7) is 4.71. The first-order valence-corrected chi connectivity index (χ1v) is 6.32. The van der Waals surface area contributed by atoms with E-state index in [2.05, 4.69) is 36.1 Å².